The lowest BCUT2D eigenvalue weighted by molar-refractivity contribution is 0.298. The van der Waals surface area contributed by atoms with E-state index in [-0.39, 0.29) is 30.0 Å². The van der Waals surface area contributed by atoms with Crippen LogP contribution in [0.5, 0.6) is 0 Å². The van der Waals surface area contributed by atoms with Gasteiger partial charge in [-0.05, 0) is 39.1 Å². The van der Waals surface area contributed by atoms with Crippen LogP contribution in [0.25, 0.3) is 0 Å². The lowest BCUT2D eigenvalue weighted by atomic mass is 10.1. The molecular formula is C19H31IN6. The van der Waals surface area contributed by atoms with E-state index in [9.17, 15) is 0 Å². The Balaban J connectivity index is 0.00000338. The average molecular weight is 470 g/mol. The number of rotatable bonds is 6. The van der Waals surface area contributed by atoms with Gasteiger partial charge in [-0.25, -0.2) is 0 Å². The van der Waals surface area contributed by atoms with Crippen molar-refractivity contribution in [2.24, 2.45) is 12.0 Å². The first-order valence-corrected chi connectivity index (χ1v) is 8.56. The van der Waals surface area contributed by atoms with Gasteiger partial charge in [-0.15, -0.1) is 24.0 Å². The van der Waals surface area contributed by atoms with Crippen LogP contribution >= 0.6 is 24.0 Å². The molecule has 0 bridgehead atoms. The molecule has 1 atom stereocenters. The topological polar surface area (TPSA) is 57.5 Å². The molecule has 2 rings (SSSR count). The van der Waals surface area contributed by atoms with E-state index >= 15 is 0 Å². The Labute approximate surface area is 174 Å². The van der Waals surface area contributed by atoms with Gasteiger partial charge in [0.25, 0.3) is 0 Å². The molecular weight excluding hydrogens is 439 g/mol. The number of hydrogen-bond acceptors (Lipinski definition) is 3. The van der Waals surface area contributed by atoms with E-state index in [4.69, 9.17) is 0 Å². The Bertz CT molecular complexity index is 723. The Hall–Kier alpha value is -1.61. The first-order valence-electron chi connectivity index (χ1n) is 8.56. The summed E-state index contributed by atoms with van der Waals surface area (Å²) in [6, 6.07) is 6.75. The molecule has 1 unspecified atom stereocenters. The van der Waals surface area contributed by atoms with E-state index in [0.29, 0.717) is 0 Å². The lowest BCUT2D eigenvalue weighted by Crippen LogP contribution is -2.41. The number of aryl methyl sites for hydroxylation is 3. The molecule has 2 N–H and O–H groups in total. The second kappa shape index (κ2) is 10.5. The largest absolute Gasteiger partial charge is 0.354 e. The number of halogens is 1. The molecule has 7 heteroatoms. The Morgan fingerprint density at radius 1 is 1.27 bits per heavy atom. The van der Waals surface area contributed by atoms with Gasteiger partial charge in [-0.2, -0.15) is 5.10 Å². The minimum absolute atomic E-state index is 0. The molecule has 0 saturated heterocycles. The Kier molecular flexibility index (Phi) is 9.07. The third-order valence-electron chi connectivity index (χ3n) is 4.36. The number of hydrogen-bond donors (Lipinski definition) is 2. The molecule has 1 aromatic heterocycles. The normalized spacial score (nSPS) is 12.7. The number of guanidine groups is 1. The van der Waals surface area contributed by atoms with Crippen molar-refractivity contribution < 1.29 is 0 Å². The highest BCUT2D eigenvalue weighted by atomic mass is 127. The van der Waals surface area contributed by atoms with Crippen LogP contribution in [0, 0.1) is 13.8 Å². The van der Waals surface area contributed by atoms with Gasteiger partial charge >= 0.3 is 0 Å². The van der Waals surface area contributed by atoms with Crippen LogP contribution in [0.4, 0.5) is 0 Å². The van der Waals surface area contributed by atoms with E-state index in [1.165, 1.54) is 22.3 Å². The maximum Gasteiger partial charge on any atom is 0.191 e. The fourth-order valence-electron chi connectivity index (χ4n) is 2.85. The summed E-state index contributed by atoms with van der Waals surface area (Å²) in [4.78, 5) is 6.52. The highest BCUT2D eigenvalue weighted by molar-refractivity contribution is 14.0. The zero-order valence-electron chi connectivity index (χ0n) is 16.6. The van der Waals surface area contributed by atoms with Crippen molar-refractivity contribution >= 4 is 29.9 Å². The van der Waals surface area contributed by atoms with Crippen molar-refractivity contribution in [3.63, 3.8) is 0 Å². The zero-order chi connectivity index (χ0) is 18.4. The van der Waals surface area contributed by atoms with E-state index in [0.717, 1.165) is 19.0 Å². The van der Waals surface area contributed by atoms with Crippen molar-refractivity contribution in [2.45, 2.75) is 26.4 Å². The maximum absolute atomic E-state index is 4.34. The summed E-state index contributed by atoms with van der Waals surface area (Å²) in [5.41, 5.74) is 5.05. The van der Waals surface area contributed by atoms with Gasteiger partial charge < -0.3 is 15.5 Å². The van der Waals surface area contributed by atoms with Crippen molar-refractivity contribution in [3.8, 4) is 0 Å². The van der Waals surface area contributed by atoms with Gasteiger partial charge in [0.2, 0.25) is 0 Å². The lowest BCUT2D eigenvalue weighted by Gasteiger charge is -2.24. The van der Waals surface area contributed by atoms with Gasteiger partial charge in [-0.3, -0.25) is 9.67 Å². The fraction of sp³-hybridized carbons (Fsp3) is 0.474. The number of aliphatic imine (C=N–C) groups is 1. The van der Waals surface area contributed by atoms with Crippen LogP contribution in [0.2, 0.25) is 0 Å². The van der Waals surface area contributed by atoms with Gasteiger partial charge in [0.15, 0.2) is 5.96 Å². The highest BCUT2D eigenvalue weighted by Gasteiger charge is 2.16. The van der Waals surface area contributed by atoms with Crippen LogP contribution in [0.15, 0.2) is 35.6 Å². The highest BCUT2D eigenvalue weighted by Crippen LogP contribution is 2.16. The molecule has 0 aliphatic carbocycles. The summed E-state index contributed by atoms with van der Waals surface area (Å²) in [6.45, 7) is 5.77. The smallest absolute Gasteiger partial charge is 0.191 e. The van der Waals surface area contributed by atoms with Gasteiger partial charge in [0, 0.05) is 38.9 Å². The van der Waals surface area contributed by atoms with Crippen LogP contribution < -0.4 is 10.6 Å². The molecule has 0 fully saturated rings. The Morgan fingerprint density at radius 3 is 2.54 bits per heavy atom. The molecule has 0 aliphatic heterocycles. The molecule has 0 radical (unpaired) electrons. The molecule has 0 amide bonds. The standard InChI is InChI=1S/C19H30N6.HI/c1-14-7-8-16(15(2)9-14)10-21-19(20-3)22-12-18(24(4)5)17-11-23-25(6)13-17;/h7-9,11,13,18H,10,12H2,1-6H3,(H2,20,21,22);1H. The molecule has 26 heavy (non-hydrogen) atoms. The molecule has 1 heterocycles. The minimum Gasteiger partial charge on any atom is -0.354 e. The van der Waals surface area contributed by atoms with Gasteiger partial charge in [-0.1, -0.05) is 23.8 Å². The summed E-state index contributed by atoms with van der Waals surface area (Å²) in [6.07, 6.45) is 3.97. The fourth-order valence-corrected chi connectivity index (χ4v) is 2.85. The predicted molar refractivity (Wildman–Crippen MR) is 119 cm³/mol. The third kappa shape index (κ3) is 6.28. The van der Waals surface area contributed by atoms with Crippen molar-refractivity contribution in [1.82, 2.24) is 25.3 Å². The summed E-state index contributed by atoms with van der Waals surface area (Å²) >= 11 is 0. The van der Waals surface area contributed by atoms with Gasteiger partial charge in [0.1, 0.15) is 0 Å². The van der Waals surface area contributed by atoms with Crippen LogP contribution in [0.3, 0.4) is 0 Å². The molecule has 144 valence electrons. The molecule has 1 aromatic carbocycles. The number of benzene rings is 1. The summed E-state index contributed by atoms with van der Waals surface area (Å²) in [7, 11) is 7.89. The molecule has 0 aliphatic rings. The van der Waals surface area contributed by atoms with E-state index in [1.54, 1.807) is 7.05 Å². The third-order valence-corrected chi connectivity index (χ3v) is 4.36. The summed E-state index contributed by atoms with van der Waals surface area (Å²) in [5, 5.41) is 11.1. The van der Waals surface area contributed by atoms with Crippen LogP contribution in [-0.4, -0.2) is 48.3 Å². The van der Waals surface area contributed by atoms with E-state index < -0.39 is 0 Å². The number of likely N-dealkylation sites (N-methyl/N-ethyl adjacent to an activating group) is 1. The number of nitrogens with one attached hydrogen (secondary N) is 2. The molecule has 2 aromatic rings. The second-order valence-electron chi connectivity index (χ2n) is 6.66. The summed E-state index contributed by atoms with van der Waals surface area (Å²) < 4.78 is 1.83. The average Bonchev–Trinajstić information content (AvgIpc) is 2.98. The molecule has 6 nitrogen and oxygen atoms in total. The van der Waals surface area contributed by atoms with Gasteiger partial charge in [0.05, 0.1) is 12.2 Å². The first kappa shape index (κ1) is 22.4. The van der Waals surface area contributed by atoms with E-state index in [2.05, 4.69) is 78.0 Å². The molecule has 0 spiro atoms. The van der Waals surface area contributed by atoms with E-state index in [1.807, 2.05) is 17.9 Å². The van der Waals surface area contributed by atoms with Crippen molar-refractivity contribution in [2.75, 3.05) is 27.7 Å². The number of aromatic nitrogens is 2. The number of nitrogens with zero attached hydrogens (tertiary/aromatic N) is 4. The maximum atomic E-state index is 4.34. The molecule has 0 saturated carbocycles. The SMILES string of the molecule is CN=C(NCc1ccc(C)cc1C)NCC(c1cnn(C)c1)N(C)C.I. The zero-order valence-corrected chi connectivity index (χ0v) is 18.9. The van der Waals surface area contributed by atoms with Crippen molar-refractivity contribution in [1.29, 1.82) is 0 Å². The predicted octanol–water partition coefficient (Wildman–Crippen LogP) is 2.62. The van der Waals surface area contributed by atoms with Crippen LogP contribution in [-0.2, 0) is 13.6 Å². The summed E-state index contributed by atoms with van der Waals surface area (Å²) in [5.74, 6) is 0.802. The Morgan fingerprint density at radius 2 is 2.00 bits per heavy atom. The van der Waals surface area contributed by atoms with Crippen LogP contribution in [0.1, 0.15) is 28.3 Å². The minimum atomic E-state index is 0. The quantitative estimate of drug-likeness (QED) is 0.387. The first-order chi connectivity index (χ1) is 11.9. The second-order valence-corrected chi connectivity index (χ2v) is 6.66. The van der Waals surface area contributed by atoms with Crippen molar-refractivity contribution in [3.05, 3.63) is 52.8 Å². The monoisotopic (exact) mass is 470 g/mol.